The smallest absolute Gasteiger partial charge is 0.406 e. The second-order valence-corrected chi connectivity index (χ2v) is 11.2. The zero-order chi connectivity index (χ0) is 30.9. The minimum atomic E-state index is -4.78. The summed E-state index contributed by atoms with van der Waals surface area (Å²) in [7, 11) is 0. The van der Waals surface area contributed by atoms with Gasteiger partial charge in [0.25, 0.3) is 0 Å². The zero-order valence-electron chi connectivity index (χ0n) is 23.0. The Morgan fingerprint density at radius 1 is 1.12 bits per heavy atom. The van der Waals surface area contributed by atoms with Crippen molar-refractivity contribution in [2.45, 2.75) is 33.1 Å². The number of carbonyl (C=O) groups is 2. The monoisotopic (exact) mass is 628 g/mol. The van der Waals surface area contributed by atoms with Crippen LogP contribution in [-0.2, 0) is 4.79 Å². The standard InChI is InChI=1S/C29H24ClF3N6O3S/c1-16(2)21-10-4-17(3)12-24(21)39-25(40)14-43-28(39)36-27(41)35-23-11-7-19(13-22(23)30)38-15-34-26(37-38)18-5-8-20(9-6-18)42-29(31,32)33/h4-13,15-16H,14H2,1-3H3,(H,35,41). The Bertz CT molecular complexity index is 1720. The molecule has 9 nitrogen and oxygen atoms in total. The van der Waals surface area contributed by atoms with Crippen molar-refractivity contribution in [3.63, 3.8) is 0 Å². The van der Waals surface area contributed by atoms with Crippen molar-refractivity contribution in [3.8, 4) is 22.8 Å². The molecule has 1 fully saturated rings. The lowest BCUT2D eigenvalue weighted by molar-refractivity contribution is -0.274. The molecule has 14 heteroatoms. The number of nitrogens with one attached hydrogen (secondary N) is 1. The number of anilines is 2. The first kappa shape index (κ1) is 30.1. The van der Waals surface area contributed by atoms with Gasteiger partial charge in [0.05, 0.1) is 27.8 Å². The topological polar surface area (TPSA) is 102 Å². The van der Waals surface area contributed by atoms with Gasteiger partial charge in [0.1, 0.15) is 12.1 Å². The van der Waals surface area contributed by atoms with E-state index in [1.54, 1.807) is 18.2 Å². The van der Waals surface area contributed by atoms with Crippen LogP contribution in [0.25, 0.3) is 17.1 Å². The highest BCUT2D eigenvalue weighted by atomic mass is 35.5. The van der Waals surface area contributed by atoms with Crippen LogP contribution in [-0.4, -0.2) is 44.0 Å². The van der Waals surface area contributed by atoms with Crippen molar-refractivity contribution in [2.24, 2.45) is 4.99 Å². The lowest BCUT2D eigenvalue weighted by atomic mass is 9.99. The summed E-state index contributed by atoms with van der Waals surface area (Å²) >= 11 is 7.64. The molecule has 0 bridgehead atoms. The van der Waals surface area contributed by atoms with Gasteiger partial charge >= 0.3 is 12.4 Å². The van der Waals surface area contributed by atoms with E-state index in [1.807, 2.05) is 39.0 Å². The summed E-state index contributed by atoms with van der Waals surface area (Å²) < 4.78 is 42.6. The number of hydrogen-bond donors (Lipinski definition) is 1. The van der Waals surface area contributed by atoms with E-state index >= 15 is 0 Å². The second-order valence-electron chi connectivity index (χ2n) is 9.81. The Balaban J connectivity index is 1.31. The molecule has 0 aliphatic carbocycles. The van der Waals surface area contributed by atoms with E-state index in [-0.39, 0.29) is 39.3 Å². The molecular weight excluding hydrogens is 605 g/mol. The van der Waals surface area contributed by atoms with Crippen LogP contribution in [0.5, 0.6) is 5.75 Å². The molecule has 1 saturated heterocycles. The molecule has 0 spiro atoms. The van der Waals surface area contributed by atoms with E-state index in [1.165, 1.54) is 51.9 Å². The Morgan fingerprint density at radius 2 is 1.86 bits per heavy atom. The van der Waals surface area contributed by atoms with Crippen LogP contribution < -0.4 is 15.0 Å². The summed E-state index contributed by atoms with van der Waals surface area (Å²) in [5.74, 6) is 0.0697. The second kappa shape index (κ2) is 12.1. The minimum Gasteiger partial charge on any atom is -0.406 e. The SMILES string of the molecule is Cc1ccc(C(C)C)c(N2C(=O)CSC2=NC(=O)Nc2ccc(-n3cnc(-c4ccc(OC(F)(F)F)cc4)n3)cc2Cl)c1. The van der Waals surface area contributed by atoms with Crippen LogP contribution in [0.3, 0.4) is 0 Å². The number of aliphatic imine (C=N–C) groups is 1. The number of aryl methyl sites for hydroxylation is 1. The zero-order valence-corrected chi connectivity index (χ0v) is 24.6. The number of hydrogen-bond acceptors (Lipinski definition) is 6. The Morgan fingerprint density at radius 3 is 2.53 bits per heavy atom. The van der Waals surface area contributed by atoms with Crippen molar-refractivity contribution < 1.29 is 27.5 Å². The van der Waals surface area contributed by atoms with Gasteiger partial charge in [-0.2, -0.15) is 4.99 Å². The molecule has 0 saturated carbocycles. The third kappa shape index (κ3) is 7.00. The van der Waals surface area contributed by atoms with Gasteiger partial charge in [-0.3, -0.25) is 9.69 Å². The molecule has 1 aliphatic heterocycles. The maximum Gasteiger partial charge on any atom is 0.573 e. The number of urea groups is 1. The Hall–Kier alpha value is -4.36. The maximum atomic E-state index is 12.9. The lowest BCUT2D eigenvalue weighted by Crippen LogP contribution is -2.31. The highest BCUT2D eigenvalue weighted by Crippen LogP contribution is 2.34. The number of aromatic nitrogens is 3. The molecule has 1 aromatic heterocycles. The number of nitrogens with zero attached hydrogens (tertiary/aromatic N) is 5. The van der Waals surface area contributed by atoms with E-state index in [0.29, 0.717) is 22.6 Å². The van der Waals surface area contributed by atoms with E-state index in [4.69, 9.17) is 11.6 Å². The van der Waals surface area contributed by atoms with Gasteiger partial charge in [-0.05, 0) is 72.5 Å². The van der Waals surface area contributed by atoms with Crippen molar-refractivity contribution in [2.75, 3.05) is 16.0 Å². The van der Waals surface area contributed by atoms with Gasteiger partial charge in [-0.1, -0.05) is 49.3 Å². The lowest BCUT2D eigenvalue weighted by Gasteiger charge is -2.22. The van der Waals surface area contributed by atoms with Crippen LogP contribution in [0.1, 0.15) is 30.9 Å². The van der Waals surface area contributed by atoms with Gasteiger partial charge in [0.2, 0.25) is 5.91 Å². The predicted octanol–water partition coefficient (Wildman–Crippen LogP) is 7.59. The number of amidine groups is 1. The van der Waals surface area contributed by atoms with Crippen LogP contribution in [0.4, 0.5) is 29.3 Å². The van der Waals surface area contributed by atoms with Gasteiger partial charge in [-0.25, -0.2) is 14.5 Å². The average Bonchev–Trinajstić information content (AvgIpc) is 3.56. The van der Waals surface area contributed by atoms with Gasteiger partial charge in [-0.15, -0.1) is 18.3 Å². The van der Waals surface area contributed by atoms with Crippen LogP contribution >= 0.6 is 23.4 Å². The first-order valence-corrected chi connectivity index (χ1v) is 14.3. The summed E-state index contributed by atoms with van der Waals surface area (Å²) in [6.07, 6.45) is -3.36. The maximum absolute atomic E-state index is 12.9. The van der Waals surface area contributed by atoms with Crippen molar-refractivity contribution in [1.82, 2.24) is 14.8 Å². The van der Waals surface area contributed by atoms with E-state index < -0.39 is 12.4 Å². The molecule has 0 atom stereocenters. The Labute approximate surface area is 253 Å². The summed E-state index contributed by atoms with van der Waals surface area (Å²) in [6.45, 7) is 6.00. The molecule has 1 aliphatic rings. The molecule has 2 heterocycles. The highest BCUT2D eigenvalue weighted by molar-refractivity contribution is 8.15. The molecular formula is C29H24ClF3N6O3S. The summed E-state index contributed by atoms with van der Waals surface area (Å²) in [5, 5.41) is 7.49. The quantitative estimate of drug-likeness (QED) is 0.236. The van der Waals surface area contributed by atoms with Crippen molar-refractivity contribution >= 4 is 51.8 Å². The molecule has 4 aromatic rings. The van der Waals surface area contributed by atoms with E-state index in [2.05, 4.69) is 25.1 Å². The molecule has 3 aromatic carbocycles. The molecule has 1 N–H and O–H groups in total. The fourth-order valence-electron chi connectivity index (χ4n) is 4.32. The van der Waals surface area contributed by atoms with E-state index in [9.17, 15) is 22.8 Å². The minimum absolute atomic E-state index is 0.154. The summed E-state index contributed by atoms with van der Waals surface area (Å²) in [5.41, 5.74) is 3.95. The normalized spacial score (nSPS) is 14.6. The van der Waals surface area contributed by atoms with Crippen molar-refractivity contribution in [1.29, 1.82) is 0 Å². The number of rotatable bonds is 6. The molecule has 3 amide bonds. The van der Waals surface area contributed by atoms with Crippen LogP contribution in [0, 0.1) is 6.92 Å². The van der Waals surface area contributed by atoms with Gasteiger partial charge in [0.15, 0.2) is 11.0 Å². The largest absolute Gasteiger partial charge is 0.573 e. The van der Waals surface area contributed by atoms with Crippen LogP contribution in [0.15, 0.2) is 72.0 Å². The highest BCUT2D eigenvalue weighted by Gasteiger charge is 2.33. The van der Waals surface area contributed by atoms with Crippen LogP contribution in [0.2, 0.25) is 5.02 Å². The summed E-state index contributed by atoms with van der Waals surface area (Å²) in [6, 6.07) is 15.1. The number of halogens is 4. The summed E-state index contributed by atoms with van der Waals surface area (Å²) in [4.78, 5) is 35.6. The van der Waals surface area contributed by atoms with Gasteiger partial charge < -0.3 is 10.1 Å². The number of amides is 3. The number of thioether (sulfide) groups is 1. The molecule has 5 rings (SSSR count). The third-order valence-electron chi connectivity index (χ3n) is 6.31. The first-order valence-electron chi connectivity index (χ1n) is 12.9. The number of carbonyl (C=O) groups excluding carboxylic acids is 2. The Kier molecular flexibility index (Phi) is 8.47. The first-order chi connectivity index (χ1) is 20.4. The van der Waals surface area contributed by atoms with Crippen molar-refractivity contribution in [3.05, 3.63) is 83.1 Å². The average molecular weight is 629 g/mol. The fraction of sp³-hybridized carbons (Fsp3) is 0.207. The predicted molar refractivity (Wildman–Crippen MR) is 160 cm³/mol. The third-order valence-corrected chi connectivity index (χ3v) is 7.54. The number of ether oxygens (including phenoxy) is 1. The van der Waals surface area contributed by atoms with E-state index in [0.717, 1.165) is 11.1 Å². The molecule has 43 heavy (non-hydrogen) atoms. The fourth-order valence-corrected chi connectivity index (χ4v) is 5.40. The number of benzene rings is 3. The number of alkyl halides is 3. The molecule has 0 radical (unpaired) electrons. The molecule has 0 unspecified atom stereocenters. The van der Waals surface area contributed by atoms with Gasteiger partial charge in [0, 0.05) is 5.56 Å². The molecule has 222 valence electrons.